The van der Waals surface area contributed by atoms with Crippen LogP contribution in [0.5, 0.6) is 0 Å². The fraction of sp³-hybridized carbons (Fsp3) is 0.308. The quantitative estimate of drug-likeness (QED) is 0.815. The summed E-state index contributed by atoms with van der Waals surface area (Å²) in [6.07, 6.45) is 1.00. The molecule has 0 fully saturated rings. The molecule has 1 rings (SSSR count). The van der Waals surface area contributed by atoms with Crippen LogP contribution in [0, 0.1) is 11.8 Å². The molecule has 1 amide bonds. The SMILES string of the molecule is CC(C(=O)Nc1cc(C#CCN)ccc1Cl)S(C)(=O)=O. The largest absolute Gasteiger partial charge is 0.324 e. The van der Waals surface area contributed by atoms with Gasteiger partial charge in [-0.3, -0.25) is 4.79 Å². The van der Waals surface area contributed by atoms with E-state index < -0.39 is 21.0 Å². The van der Waals surface area contributed by atoms with Crippen LogP contribution in [-0.2, 0) is 14.6 Å². The van der Waals surface area contributed by atoms with E-state index in [1.807, 2.05) is 0 Å². The molecule has 1 unspecified atom stereocenters. The summed E-state index contributed by atoms with van der Waals surface area (Å²) in [5.74, 6) is 4.84. The number of hydrogen-bond donors (Lipinski definition) is 2. The molecule has 0 radical (unpaired) electrons. The number of carbonyl (C=O) groups excluding carboxylic acids is 1. The molecule has 0 aliphatic heterocycles. The number of benzene rings is 1. The number of nitrogens with two attached hydrogens (primary N) is 1. The van der Waals surface area contributed by atoms with Crippen LogP contribution in [-0.4, -0.2) is 32.4 Å². The third-order valence-electron chi connectivity index (χ3n) is 2.57. The molecule has 1 aromatic rings. The van der Waals surface area contributed by atoms with E-state index in [0.717, 1.165) is 6.26 Å². The molecule has 20 heavy (non-hydrogen) atoms. The van der Waals surface area contributed by atoms with Crippen LogP contribution >= 0.6 is 11.6 Å². The summed E-state index contributed by atoms with van der Waals surface area (Å²) < 4.78 is 22.7. The Hall–Kier alpha value is -1.55. The highest BCUT2D eigenvalue weighted by Crippen LogP contribution is 2.23. The van der Waals surface area contributed by atoms with Crippen LogP contribution in [0.2, 0.25) is 5.02 Å². The Bertz CT molecular complexity index is 675. The predicted molar refractivity (Wildman–Crippen MR) is 80.3 cm³/mol. The first-order chi connectivity index (χ1) is 9.25. The molecular formula is C13H15ClN2O3S. The number of anilines is 1. The van der Waals surface area contributed by atoms with E-state index in [4.69, 9.17) is 17.3 Å². The van der Waals surface area contributed by atoms with Crippen molar-refractivity contribution in [1.82, 2.24) is 0 Å². The van der Waals surface area contributed by atoms with Crippen molar-refractivity contribution in [1.29, 1.82) is 0 Å². The topological polar surface area (TPSA) is 89.3 Å². The average Bonchev–Trinajstić information content (AvgIpc) is 2.37. The van der Waals surface area contributed by atoms with E-state index in [9.17, 15) is 13.2 Å². The van der Waals surface area contributed by atoms with Crippen LogP contribution in [0.15, 0.2) is 18.2 Å². The smallest absolute Gasteiger partial charge is 0.242 e. The maximum absolute atomic E-state index is 11.8. The Labute approximate surface area is 123 Å². The summed E-state index contributed by atoms with van der Waals surface area (Å²) in [5.41, 5.74) is 6.22. The van der Waals surface area contributed by atoms with Gasteiger partial charge in [-0.2, -0.15) is 0 Å². The third-order valence-corrected chi connectivity index (χ3v) is 4.40. The maximum Gasteiger partial charge on any atom is 0.242 e. The Morgan fingerprint density at radius 1 is 1.50 bits per heavy atom. The summed E-state index contributed by atoms with van der Waals surface area (Å²) in [6.45, 7) is 1.53. The second kappa shape index (κ2) is 6.75. The lowest BCUT2D eigenvalue weighted by molar-refractivity contribution is -0.115. The Kier molecular flexibility index (Phi) is 5.57. The van der Waals surface area contributed by atoms with Crippen molar-refractivity contribution >= 4 is 33.0 Å². The van der Waals surface area contributed by atoms with Crippen molar-refractivity contribution in [2.45, 2.75) is 12.2 Å². The average molecular weight is 315 g/mol. The van der Waals surface area contributed by atoms with E-state index in [-0.39, 0.29) is 6.54 Å². The van der Waals surface area contributed by atoms with Crippen LogP contribution < -0.4 is 11.1 Å². The van der Waals surface area contributed by atoms with Crippen molar-refractivity contribution in [3.05, 3.63) is 28.8 Å². The van der Waals surface area contributed by atoms with Gasteiger partial charge in [0.15, 0.2) is 9.84 Å². The molecule has 0 spiro atoms. The van der Waals surface area contributed by atoms with Gasteiger partial charge in [0.05, 0.1) is 17.3 Å². The number of carbonyl (C=O) groups is 1. The molecule has 5 nitrogen and oxygen atoms in total. The number of rotatable bonds is 3. The van der Waals surface area contributed by atoms with Gasteiger partial charge in [-0.1, -0.05) is 23.4 Å². The minimum Gasteiger partial charge on any atom is -0.324 e. The molecule has 0 saturated heterocycles. The first kappa shape index (κ1) is 16.5. The molecule has 0 bridgehead atoms. The van der Waals surface area contributed by atoms with Crippen molar-refractivity contribution in [3.8, 4) is 11.8 Å². The summed E-state index contributed by atoms with van der Waals surface area (Å²) in [7, 11) is -3.46. The van der Waals surface area contributed by atoms with E-state index in [2.05, 4.69) is 17.2 Å². The first-order valence-electron chi connectivity index (χ1n) is 5.74. The molecule has 0 aromatic heterocycles. The number of amides is 1. The second-order valence-corrected chi connectivity index (χ2v) is 6.93. The third kappa shape index (κ3) is 4.53. The van der Waals surface area contributed by atoms with Gasteiger partial charge in [0.1, 0.15) is 5.25 Å². The van der Waals surface area contributed by atoms with E-state index in [1.54, 1.807) is 18.2 Å². The Morgan fingerprint density at radius 2 is 2.15 bits per heavy atom. The lowest BCUT2D eigenvalue weighted by Gasteiger charge is -2.11. The monoisotopic (exact) mass is 314 g/mol. The molecule has 3 N–H and O–H groups in total. The number of halogens is 1. The van der Waals surface area contributed by atoms with Crippen molar-refractivity contribution in [2.75, 3.05) is 18.1 Å². The highest BCUT2D eigenvalue weighted by molar-refractivity contribution is 7.92. The molecule has 1 aromatic carbocycles. The molecule has 7 heteroatoms. The van der Waals surface area contributed by atoms with Crippen molar-refractivity contribution < 1.29 is 13.2 Å². The first-order valence-corrected chi connectivity index (χ1v) is 8.07. The van der Waals surface area contributed by atoms with Gasteiger partial charge >= 0.3 is 0 Å². The van der Waals surface area contributed by atoms with Gasteiger partial charge in [-0.25, -0.2) is 8.42 Å². The van der Waals surface area contributed by atoms with E-state index in [0.29, 0.717) is 16.3 Å². The zero-order valence-electron chi connectivity index (χ0n) is 11.1. The van der Waals surface area contributed by atoms with Gasteiger partial charge in [-0.15, -0.1) is 0 Å². The van der Waals surface area contributed by atoms with Gasteiger partial charge in [0, 0.05) is 11.8 Å². The number of sulfone groups is 1. The number of nitrogens with one attached hydrogen (secondary N) is 1. The summed E-state index contributed by atoms with van der Waals surface area (Å²) in [5, 5.41) is 1.63. The highest BCUT2D eigenvalue weighted by Gasteiger charge is 2.24. The lowest BCUT2D eigenvalue weighted by atomic mass is 10.2. The van der Waals surface area contributed by atoms with Crippen molar-refractivity contribution in [3.63, 3.8) is 0 Å². The van der Waals surface area contributed by atoms with Crippen LogP contribution in [0.3, 0.4) is 0 Å². The molecule has 0 aliphatic rings. The van der Waals surface area contributed by atoms with Crippen LogP contribution in [0.25, 0.3) is 0 Å². The minimum atomic E-state index is -3.46. The zero-order chi connectivity index (χ0) is 15.3. The highest BCUT2D eigenvalue weighted by atomic mass is 35.5. The molecule has 0 heterocycles. The summed E-state index contributed by atoms with van der Waals surface area (Å²) in [6, 6.07) is 4.82. The standard InChI is InChI=1S/C13H15ClN2O3S/c1-9(20(2,18)19)13(17)16-12-8-10(4-3-7-15)5-6-11(12)14/h5-6,8-9H,7,15H2,1-2H3,(H,16,17). The molecular weight excluding hydrogens is 300 g/mol. The van der Waals surface area contributed by atoms with Gasteiger partial charge in [-0.05, 0) is 25.1 Å². The Morgan fingerprint density at radius 3 is 2.70 bits per heavy atom. The second-order valence-electron chi connectivity index (χ2n) is 4.16. The molecule has 0 saturated carbocycles. The maximum atomic E-state index is 11.8. The summed E-state index contributed by atoms with van der Waals surface area (Å²) in [4.78, 5) is 11.8. The minimum absolute atomic E-state index is 0.218. The van der Waals surface area contributed by atoms with Crippen molar-refractivity contribution in [2.24, 2.45) is 5.73 Å². The van der Waals surface area contributed by atoms with E-state index >= 15 is 0 Å². The predicted octanol–water partition coefficient (Wildman–Crippen LogP) is 1.02. The zero-order valence-corrected chi connectivity index (χ0v) is 12.7. The van der Waals surface area contributed by atoms with E-state index in [1.165, 1.54) is 6.92 Å². The number of hydrogen-bond acceptors (Lipinski definition) is 4. The molecule has 1 atom stereocenters. The molecule has 0 aliphatic carbocycles. The van der Waals surface area contributed by atoms with Crippen LogP contribution in [0.1, 0.15) is 12.5 Å². The van der Waals surface area contributed by atoms with Gasteiger partial charge in [0.25, 0.3) is 0 Å². The fourth-order valence-corrected chi connectivity index (χ4v) is 1.89. The van der Waals surface area contributed by atoms with Gasteiger partial charge in [0.2, 0.25) is 5.91 Å². The normalized spacial score (nSPS) is 12.2. The van der Waals surface area contributed by atoms with Gasteiger partial charge < -0.3 is 11.1 Å². The van der Waals surface area contributed by atoms with Crippen LogP contribution in [0.4, 0.5) is 5.69 Å². The summed E-state index contributed by atoms with van der Waals surface area (Å²) >= 11 is 5.96. The Balaban J connectivity index is 3.00. The fourth-order valence-electron chi connectivity index (χ4n) is 1.28. The molecule has 108 valence electrons. The lowest BCUT2D eigenvalue weighted by Crippen LogP contribution is -2.31.